The molecule has 1 rings (SSSR count). The topological polar surface area (TPSA) is 26.3 Å². The van der Waals surface area contributed by atoms with Gasteiger partial charge in [-0.2, -0.15) is 0 Å². The maximum absolute atomic E-state index is 10.9. The zero-order chi connectivity index (χ0) is 12.4. The van der Waals surface area contributed by atoms with Crippen molar-refractivity contribution in [3.05, 3.63) is 36.0 Å². The molecular weight excluding hydrogens is 200 g/mol. The Morgan fingerprint density at radius 1 is 1.56 bits per heavy atom. The lowest BCUT2D eigenvalue weighted by molar-refractivity contribution is -0.143. The zero-order valence-electron chi connectivity index (χ0n) is 10.7. The van der Waals surface area contributed by atoms with E-state index in [0.717, 1.165) is 12.8 Å². The van der Waals surface area contributed by atoms with Gasteiger partial charge in [-0.15, -0.1) is 0 Å². The molecule has 0 saturated heterocycles. The smallest absolute Gasteiger partial charge is 0.330 e. The molecule has 0 saturated carbocycles. The predicted molar refractivity (Wildman–Crippen MR) is 68.2 cm³/mol. The summed E-state index contributed by atoms with van der Waals surface area (Å²) in [6, 6.07) is 0. The first-order valence-corrected chi connectivity index (χ1v) is 5.89. The van der Waals surface area contributed by atoms with Crippen molar-refractivity contribution in [3.63, 3.8) is 0 Å². The van der Waals surface area contributed by atoms with Crippen LogP contribution >= 0.6 is 0 Å². The molecule has 0 N–H and O–H groups in total. The number of hydrogen-bond donors (Lipinski definition) is 0. The van der Waals surface area contributed by atoms with E-state index in [1.165, 1.54) is 11.6 Å². The number of allylic oxidation sites excluding steroid dienone is 3. The molecule has 1 aliphatic rings. The monoisotopic (exact) mass is 222 g/mol. The second-order valence-corrected chi connectivity index (χ2v) is 3.38. The highest BCUT2D eigenvalue weighted by Crippen LogP contribution is 2.12. The van der Waals surface area contributed by atoms with Gasteiger partial charge in [-0.05, 0) is 13.8 Å². The molecule has 0 unspecified atom stereocenters. The summed E-state index contributed by atoms with van der Waals surface area (Å²) >= 11 is 0. The number of esters is 1. The maximum Gasteiger partial charge on any atom is 0.330 e. The van der Waals surface area contributed by atoms with E-state index in [9.17, 15) is 4.79 Å². The number of rotatable bonds is 3. The Kier molecular flexibility index (Phi) is 8.22. The van der Waals surface area contributed by atoms with Gasteiger partial charge in [-0.3, -0.25) is 0 Å². The quantitative estimate of drug-likeness (QED) is 0.536. The maximum atomic E-state index is 10.9. The Bertz CT molecular complexity index is 285. The molecule has 2 heteroatoms. The standard InChI is InChI=1S/C12H16O2.C2H6/c1-3-5-10(2)8-9-11-6-4-7-12(13)14-11;1-2/h3-5,7-8,11H,6,9H2,1-2H3;1-2H3/b5-3-,10-8+;/t11-;/m0./s1. The lowest BCUT2D eigenvalue weighted by Gasteiger charge is -2.16. The van der Waals surface area contributed by atoms with Gasteiger partial charge in [0, 0.05) is 18.9 Å². The Labute approximate surface area is 98.7 Å². The number of cyclic esters (lactones) is 1. The first-order valence-electron chi connectivity index (χ1n) is 5.89. The molecule has 0 radical (unpaired) electrons. The minimum atomic E-state index is -0.224. The van der Waals surface area contributed by atoms with Gasteiger partial charge in [-0.25, -0.2) is 4.79 Å². The average molecular weight is 222 g/mol. The van der Waals surface area contributed by atoms with Crippen LogP contribution in [0.2, 0.25) is 0 Å². The van der Waals surface area contributed by atoms with E-state index < -0.39 is 0 Å². The lowest BCUT2D eigenvalue weighted by Crippen LogP contribution is -2.18. The molecule has 0 bridgehead atoms. The molecule has 2 nitrogen and oxygen atoms in total. The first-order chi connectivity index (χ1) is 7.72. The Hall–Kier alpha value is -1.31. The third kappa shape index (κ3) is 6.23. The molecule has 1 atom stereocenters. The highest BCUT2D eigenvalue weighted by molar-refractivity contribution is 5.82. The first kappa shape index (κ1) is 14.7. The molecule has 0 fully saturated rings. The lowest BCUT2D eigenvalue weighted by atomic mass is 10.1. The summed E-state index contributed by atoms with van der Waals surface area (Å²) < 4.78 is 5.12. The van der Waals surface area contributed by atoms with E-state index in [0.29, 0.717) is 0 Å². The van der Waals surface area contributed by atoms with E-state index in [1.807, 2.05) is 45.9 Å². The van der Waals surface area contributed by atoms with Crippen molar-refractivity contribution in [1.82, 2.24) is 0 Å². The van der Waals surface area contributed by atoms with Gasteiger partial charge in [0.2, 0.25) is 0 Å². The molecule has 0 amide bonds. The summed E-state index contributed by atoms with van der Waals surface area (Å²) in [4.78, 5) is 10.9. The molecule has 1 aliphatic heterocycles. The second-order valence-electron chi connectivity index (χ2n) is 3.38. The average Bonchev–Trinajstić information content (AvgIpc) is 2.30. The SMILES string of the molecule is C/C=C\C(C)=C\C[C@@H]1CC=CC(=O)O1.CC. The van der Waals surface area contributed by atoms with Crippen LogP contribution in [0.5, 0.6) is 0 Å². The molecule has 0 aromatic heterocycles. The van der Waals surface area contributed by atoms with E-state index in [4.69, 9.17) is 4.74 Å². The number of carbonyl (C=O) groups is 1. The van der Waals surface area contributed by atoms with Gasteiger partial charge in [0.15, 0.2) is 0 Å². The summed E-state index contributed by atoms with van der Waals surface area (Å²) in [7, 11) is 0. The summed E-state index contributed by atoms with van der Waals surface area (Å²) in [5.74, 6) is -0.224. The Balaban J connectivity index is 0.00000106. The van der Waals surface area contributed by atoms with Gasteiger partial charge in [-0.1, -0.05) is 43.7 Å². The van der Waals surface area contributed by atoms with E-state index in [1.54, 1.807) is 0 Å². The molecule has 0 aromatic carbocycles. The van der Waals surface area contributed by atoms with Crippen LogP contribution in [-0.4, -0.2) is 12.1 Å². The minimum absolute atomic E-state index is 0.0210. The number of hydrogen-bond acceptors (Lipinski definition) is 2. The molecule has 1 heterocycles. The van der Waals surface area contributed by atoms with Crippen molar-refractivity contribution in [1.29, 1.82) is 0 Å². The van der Waals surface area contributed by atoms with Gasteiger partial charge < -0.3 is 4.74 Å². The normalized spacial score (nSPS) is 20.4. The fourth-order valence-corrected chi connectivity index (χ4v) is 1.36. The van der Waals surface area contributed by atoms with Crippen molar-refractivity contribution in [2.24, 2.45) is 0 Å². The van der Waals surface area contributed by atoms with Crippen molar-refractivity contribution >= 4 is 5.97 Å². The Morgan fingerprint density at radius 3 is 2.81 bits per heavy atom. The molecule has 0 spiro atoms. The van der Waals surface area contributed by atoms with Crippen molar-refractivity contribution < 1.29 is 9.53 Å². The third-order valence-corrected chi connectivity index (χ3v) is 2.07. The second kappa shape index (κ2) is 8.96. The van der Waals surface area contributed by atoms with Crippen LogP contribution in [0, 0.1) is 0 Å². The van der Waals surface area contributed by atoms with Crippen LogP contribution in [0.3, 0.4) is 0 Å². The van der Waals surface area contributed by atoms with Crippen LogP contribution < -0.4 is 0 Å². The van der Waals surface area contributed by atoms with Crippen LogP contribution in [-0.2, 0) is 9.53 Å². The molecule has 16 heavy (non-hydrogen) atoms. The summed E-state index contributed by atoms with van der Waals surface area (Å²) in [5, 5.41) is 0. The number of carbonyl (C=O) groups excluding carboxylic acids is 1. The summed E-state index contributed by atoms with van der Waals surface area (Å²) in [6.45, 7) is 8.03. The Morgan fingerprint density at radius 2 is 2.25 bits per heavy atom. The van der Waals surface area contributed by atoms with Crippen LogP contribution in [0.1, 0.15) is 40.5 Å². The third-order valence-electron chi connectivity index (χ3n) is 2.07. The van der Waals surface area contributed by atoms with Crippen molar-refractivity contribution in [3.8, 4) is 0 Å². The van der Waals surface area contributed by atoms with Crippen LogP contribution in [0.25, 0.3) is 0 Å². The number of ether oxygens (including phenoxy) is 1. The minimum Gasteiger partial charge on any atom is -0.459 e. The van der Waals surface area contributed by atoms with Crippen molar-refractivity contribution in [2.45, 2.75) is 46.6 Å². The van der Waals surface area contributed by atoms with Gasteiger partial charge in [0.1, 0.15) is 6.10 Å². The molecular formula is C14H22O2. The van der Waals surface area contributed by atoms with Crippen molar-refractivity contribution in [2.75, 3.05) is 0 Å². The fourth-order valence-electron chi connectivity index (χ4n) is 1.36. The summed E-state index contributed by atoms with van der Waals surface area (Å²) in [5.41, 5.74) is 1.21. The highest BCUT2D eigenvalue weighted by atomic mass is 16.5. The summed E-state index contributed by atoms with van der Waals surface area (Å²) in [6.07, 6.45) is 11.1. The van der Waals surface area contributed by atoms with Crippen LogP contribution in [0.15, 0.2) is 36.0 Å². The predicted octanol–water partition coefficient (Wildman–Crippen LogP) is 3.80. The van der Waals surface area contributed by atoms with E-state index in [-0.39, 0.29) is 12.1 Å². The van der Waals surface area contributed by atoms with Crippen LogP contribution in [0.4, 0.5) is 0 Å². The fraction of sp³-hybridized carbons (Fsp3) is 0.500. The van der Waals surface area contributed by atoms with Gasteiger partial charge >= 0.3 is 5.97 Å². The van der Waals surface area contributed by atoms with Gasteiger partial charge in [0.25, 0.3) is 0 Å². The molecule has 90 valence electrons. The molecule has 0 aliphatic carbocycles. The van der Waals surface area contributed by atoms with E-state index in [2.05, 4.69) is 6.08 Å². The highest BCUT2D eigenvalue weighted by Gasteiger charge is 2.13. The zero-order valence-corrected chi connectivity index (χ0v) is 10.7. The van der Waals surface area contributed by atoms with Gasteiger partial charge in [0.05, 0.1) is 0 Å². The van der Waals surface area contributed by atoms with E-state index >= 15 is 0 Å². The molecule has 0 aromatic rings. The largest absolute Gasteiger partial charge is 0.459 e.